The third-order valence-corrected chi connectivity index (χ3v) is 4.13. The quantitative estimate of drug-likeness (QED) is 0.829. The normalized spacial score (nSPS) is 11.7. The van der Waals surface area contributed by atoms with Crippen molar-refractivity contribution in [3.63, 3.8) is 0 Å². The minimum absolute atomic E-state index is 0.00850. The van der Waals surface area contributed by atoms with Crippen molar-refractivity contribution in [3.8, 4) is 0 Å². The van der Waals surface area contributed by atoms with E-state index in [9.17, 15) is 8.42 Å². The van der Waals surface area contributed by atoms with Crippen LogP contribution in [-0.4, -0.2) is 25.1 Å². The Bertz CT molecular complexity index is 662. The van der Waals surface area contributed by atoms with Crippen molar-refractivity contribution in [1.82, 2.24) is 9.71 Å². The fourth-order valence-corrected chi connectivity index (χ4v) is 2.66. The van der Waals surface area contributed by atoms with Crippen LogP contribution in [0.4, 0.5) is 0 Å². The molecule has 7 heteroatoms. The van der Waals surface area contributed by atoms with Crippen LogP contribution in [0, 0.1) is 6.92 Å². The summed E-state index contributed by atoms with van der Waals surface area (Å²) in [5.74, 6) is 0.954. The molecule has 0 aliphatic carbocycles. The first kappa shape index (κ1) is 14.7. The highest BCUT2D eigenvalue weighted by atomic mass is 32.2. The standard InChI is InChI=1S/C13H16N2O4S/c1-10-8-14-13(19-10)9-15-20(17,18)12-4-2-11(3-5-12)6-7-16/h2-5,8,15-16H,6-7,9H2,1H3. The number of rotatable bonds is 6. The molecule has 0 amide bonds. The molecule has 1 heterocycles. The van der Waals surface area contributed by atoms with Crippen molar-refractivity contribution >= 4 is 10.0 Å². The van der Waals surface area contributed by atoms with Crippen molar-refractivity contribution in [2.24, 2.45) is 0 Å². The SMILES string of the molecule is Cc1cnc(CNS(=O)(=O)c2ccc(CCO)cc2)o1. The second kappa shape index (κ2) is 6.17. The largest absolute Gasteiger partial charge is 0.445 e. The molecule has 0 aliphatic rings. The number of oxazole rings is 1. The number of hydrogen-bond acceptors (Lipinski definition) is 5. The summed E-state index contributed by atoms with van der Waals surface area (Å²) < 4.78 is 31.7. The average Bonchev–Trinajstić information content (AvgIpc) is 2.84. The number of aliphatic hydroxyl groups excluding tert-OH is 1. The van der Waals surface area contributed by atoms with E-state index in [1.54, 1.807) is 19.1 Å². The van der Waals surface area contributed by atoms with E-state index in [0.29, 0.717) is 18.1 Å². The van der Waals surface area contributed by atoms with Crippen molar-refractivity contribution in [1.29, 1.82) is 0 Å². The lowest BCUT2D eigenvalue weighted by atomic mass is 10.2. The van der Waals surface area contributed by atoms with E-state index in [2.05, 4.69) is 9.71 Å². The van der Waals surface area contributed by atoms with Crippen LogP contribution in [0.15, 0.2) is 39.8 Å². The summed E-state index contributed by atoms with van der Waals surface area (Å²) >= 11 is 0. The van der Waals surface area contributed by atoms with Gasteiger partial charge in [-0.05, 0) is 31.0 Å². The summed E-state index contributed by atoms with van der Waals surface area (Å²) in [6.45, 7) is 1.79. The molecule has 0 atom stereocenters. The van der Waals surface area contributed by atoms with E-state index >= 15 is 0 Å². The topological polar surface area (TPSA) is 92.4 Å². The van der Waals surface area contributed by atoms with Gasteiger partial charge < -0.3 is 9.52 Å². The van der Waals surface area contributed by atoms with Crippen LogP contribution in [0.5, 0.6) is 0 Å². The number of nitrogens with zero attached hydrogens (tertiary/aromatic N) is 1. The highest BCUT2D eigenvalue weighted by Crippen LogP contribution is 2.12. The van der Waals surface area contributed by atoms with E-state index < -0.39 is 10.0 Å². The molecular weight excluding hydrogens is 280 g/mol. The Labute approximate surface area is 117 Å². The van der Waals surface area contributed by atoms with Gasteiger partial charge in [0.15, 0.2) is 0 Å². The maximum atomic E-state index is 12.1. The lowest BCUT2D eigenvalue weighted by molar-refractivity contribution is 0.299. The van der Waals surface area contributed by atoms with Gasteiger partial charge in [0.25, 0.3) is 0 Å². The molecule has 0 radical (unpaired) electrons. The van der Waals surface area contributed by atoms with Gasteiger partial charge in [-0.1, -0.05) is 12.1 Å². The van der Waals surface area contributed by atoms with Crippen molar-refractivity contribution < 1.29 is 17.9 Å². The molecule has 2 rings (SSSR count). The summed E-state index contributed by atoms with van der Waals surface area (Å²) in [5.41, 5.74) is 0.884. The monoisotopic (exact) mass is 296 g/mol. The number of aliphatic hydroxyl groups is 1. The Morgan fingerprint density at radius 3 is 2.55 bits per heavy atom. The highest BCUT2D eigenvalue weighted by molar-refractivity contribution is 7.89. The summed E-state index contributed by atoms with van der Waals surface area (Å²) in [6.07, 6.45) is 2.04. The minimum atomic E-state index is -3.59. The summed E-state index contributed by atoms with van der Waals surface area (Å²) in [6, 6.07) is 6.38. The first-order valence-corrected chi connectivity index (χ1v) is 7.60. The Morgan fingerprint density at radius 1 is 1.30 bits per heavy atom. The Hall–Kier alpha value is -1.70. The number of benzene rings is 1. The van der Waals surface area contributed by atoms with Crippen LogP contribution >= 0.6 is 0 Å². The highest BCUT2D eigenvalue weighted by Gasteiger charge is 2.14. The van der Waals surface area contributed by atoms with Gasteiger partial charge >= 0.3 is 0 Å². The maximum Gasteiger partial charge on any atom is 0.241 e. The van der Waals surface area contributed by atoms with E-state index in [0.717, 1.165) is 5.56 Å². The molecule has 0 bridgehead atoms. The van der Waals surface area contributed by atoms with Gasteiger partial charge in [0, 0.05) is 6.61 Å². The van der Waals surface area contributed by atoms with Gasteiger partial charge in [0.05, 0.1) is 17.6 Å². The average molecular weight is 296 g/mol. The van der Waals surface area contributed by atoms with Crippen LogP contribution in [-0.2, 0) is 23.0 Å². The first-order valence-electron chi connectivity index (χ1n) is 6.12. The van der Waals surface area contributed by atoms with Crippen LogP contribution in [0.3, 0.4) is 0 Å². The minimum Gasteiger partial charge on any atom is -0.445 e. The number of aromatic nitrogens is 1. The Morgan fingerprint density at radius 2 is 2.00 bits per heavy atom. The molecule has 0 unspecified atom stereocenters. The Balaban J connectivity index is 2.05. The van der Waals surface area contributed by atoms with Gasteiger partial charge in [0.2, 0.25) is 15.9 Å². The third-order valence-electron chi connectivity index (χ3n) is 2.72. The molecule has 0 saturated heterocycles. The van der Waals surface area contributed by atoms with Crippen molar-refractivity contribution in [2.45, 2.75) is 24.8 Å². The fourth-order valence-electron chi connectivity index (χ4n) is 1.69. The van der Waals surface area contributed by atoms with Crippen LogP contribution in [0.1, 0.15) is 17.2 Å². The molecule has 20 heavy (non-hydrogen) atoms. The second-order valence-corrected chi connectivity index (χ2v) is 6.07. The molecule has 2 N–H and O–H groups in total. The maximum absolute atomic E-state index is 12.1. The zero-order valence-electron chi connectivity index (χ0n) is 11.0. The molecule has 0 spiro atoms. The second-order valence-electron chi connectivity index (χ2n) is 4.31. The smallest absolute Gasteiger partial charge is 0.241 e. The number of aryl methyl sites for hydroxylation is 1. The van der Waals surface area contributed by atoms with E-state index in [4.69, 9.17) is 9.52 Å². The van der Waals surface area contributed by atoms with Gasteiger partial charge in [-0.2, -0.15) is 0 Å². The number of sulfonamides is 1. The predicted molar refractivity (Wildman–Crippen MR) is 72.5 cm³/mol. The number of hydrogen-bond donors (Lipinski definition) is 2. The molecule has 0 aliphatic heterocycles. The summed E-state index contributed by atoms with van der Waals surface area (Å²) in [7, 11) is -3.59. The Kier molecular flexibility index (Phi) is 4.53. The van der Waals surface area contributed by atoms with Crippen LogP contribution in [0.2, 0.25) is 0 Å². The molecule has 1 aromatic carbocycles. The molecule has 6 nitrogen and oxygen atoms in total. The molecule has 0 saturated carbocycles. The van der Waals surface area contributed by atoms with Gasteiger partial charge in [-0.25, -0.2) is 18.1 Å². The van der Waals surface area contributed by atoms with Gasteiger partial charge in [-0.3, -0.25) is 0 Å². The summed E-state index contributed by atoms with van der Waals surface area (Å²) in [4.78, 5) is 4.10. The predicted octanol–water partition coefficient (Wildman–Crippen LogP) is 0.996. The third kappa shape index (κ3) is 3.66. The van der Waals surface area contributed by atoms with Crippen molar-refractivity contribution in [2.75, 3.05) is 6.61 Å². The van der Waals surface area contributed by atoms with Gasteiger partial charge in [0.1, 0.15) is 5.76 Å². The summed E-state index contributed by atoms with van der Waals surface area (Å²) in [5, 5.41) is 8.81. The van der Waals surface area contributed by atoms with E-state index in [1.807, 2.05) is 0 Å². The van der Waals surface area contributed by atoms with E-state index in [1.165, 1.54) is 18.3 Å². The lowest BCUT2D eigenvalue weighted by Gasteiger charge is -2.06. The van der Waals surface area contributed by atoms with Crippen LogP contribution in [0.25, 0.3) is 0 Å². The molecule has 2 aromatic rings. The zero-order valence-corrected chi connectivity index (χ0v) is 11.9. The molecular formula is C13H16N2O4S. The van der Waals surface area contributed by atoms with Crippen LogP contribution < -0.4 is 4.72 Å². The van der Waals surface area contributed by atoms with E-state index in [-0.39, 0.29) is 18.0 Å². The fraction of sp³-hybridized carbons (Fsp3) is 0.308. The van der Waals surface area contributed by atoms with Gasteiger partial charge in [-0.15, -0.1) is 0 Å². The van der Waals surface area contributed by atoms with Crippen molar-refractivity contribution in [3.05, 3.63) is 47.7 Å². The molecule has 108 valence electrons. The lowest BCUT2D eigenvalue weighted by Crippen LogP contribution is -2.23. The number of nitrogens with one attached hydrogen (secondary N) is 1. The molecule has 0 fully saturated rings. The first-order chi connectivity index (χ1) is 9.51. The molecule has 1 aromatic heterocycles. The zero-order chi connectivity index (χ0) is 14.6.